The Morgan fingerprint density at radius 3 is 2.72 bits per heavy atom. The van der Waals surface area contributed by atoms with Gasteiger partial charge in [0.15, 0.2) is 0 Å². The van der Waals surface area contributed by atoms with Gasteiger partial charge >= 0.3 is 0 Å². The molecule has 0 unspecified atom stereocenters. The fourth-order valence-corrected chi connectivity index (χ4v) is 3.40. The van der Waals surface area contributed by atoms with Crippen LogP contribution in [0.15, 0.2) is 56.7 Å². The summed E-state index contributed by atoms with van der Waals surface area (Å²) in [7, 11) is 1.95. The normalized spacial score (nSPS) is 10.6. The Morgan fingerprint density at radius 2 is 2.06 bits per heavy atom. The van der Waals surface area contributed by atoms with E-state index in [1.807, 2.05) is 25.2 Å². The zero-order chi connectivity index (χ0) is 13.0. The van der Waals surface area contributed by atoms with E-state index in [9.17, 15) is 0 Å². The second kappa shape index (κ2) is 6.62. The number of hydrogen-bond acceptors (Lipinski definition) is 2. The Kier molecular flexibility index (Phi) is 5.13. The van der Waals surface area contributed by atoms with Crippen LogP contribution in [0.5, 0.6) is 0 Å². The summed E-state index contributed by atoms with van der Waals surface area (Å²) in [6, 6.07) is 14.3. The highest BCUT2D eigenvalue weighted by Gasteiger charge is 2.04. The number of halogens is 2. The van der Waals surface area contributed by atoms with Gasteiger partial charge in [-0.2, -0.15) is 0 Å². The lowest BCUT2D eigenvalue weighted by molar-refractivity contribution is 0.816. The molecule has 0 heterocycles. The van der Waals surface area contributed by atoms with Crippen LogP contribution >= 0.6 is 39.3 Å². The highest BCUT2D eigenvalue weighted by molar-refractivity contribution is 9.10. The van der Waals surface area contributed by atoms with Crippen molar-refractivity contribution in [3.8, 4) is 0 Å². The van der Waals surface area contributed by atoms with Gasteiger partial charge in [0, 0.05) is 25.8 Å². The monoisotopic (exact) mass is 341 g/mol. The standard InChI is InChI=1S/C14H13BrClNS/c1-17-9-10-5-6-14(13(15)7-10)18-12-4-2-3-11(16)8-12/h2-8,17H,9H2,1H3. The summed E-state index contributed by atoms with van der Waals surface area (Å²) in [5.41, 5.74) is 1.26. The summed E-state index contributed by atoms with van der Waals surface area (Å²) in [6.45, 7) is 0.876. The molecule has 0 bridgehead atoms. The molecule has 0 radical (unpaired) electrons. The molecule has 94 valence electrons. The third-order valence-electron chi connectivity index (χ3n) is 2.40. The summed E-state index contributed by atoms with van der Waals surface area (Å²) in [5.74, 6) is 0. The Bertz CT molecular complexity index is 545. The molecule has 2 aromatic rings. The summed E-state index contributed by atoms with van der Waals surface area (Å²) in [6.07, 6.45) is 0. The lowest BCUT2D eigenvalue weighted by atomic mass is 10.2. The Labute approximate surface area is 125 Å². The summed E-state index contributed by atoms with van der Waals surface area (Å²) >= 11 is 11.3. The van der Waals surface area contributed by atoms with Gasteiger partial charge in [-0.1, -0.05) is 35.5 Å². The second-order valence-electron chi connectivity index (χ2n) is 3.85. The fourth-order valence-electron chi connectivity index (χ4n) is 1.60. The van der Waals surface area contributed by atoms with Crippen LogP contribution in [0, 0.1) is 0 Å². The van der Waals surface area contributed by atoms with Crippen molar-refractivity contribution in [2.45, 2.75) is 16.3 Å². The first-order valence-electron chi connectivity index (χ1n) is 5.55. The van der Waals surface area contributed by atoms with Gasteiger partial charge < -0.3 is 5.32 Å². The van der Waals surface area contributed by atoms with Gasteiger partial charge in [-0.05, 0) is 58.9 Å². The Hall–Kier alpha value is -0.480. The van der Waals surface area contributed by atoms with Crippen LogP contribution in [0.25, 0.3) is 0 Å². The first-order valence-corrected chi connectivity index (χ1v) is 7.54. The summed E-state index contributed by atoms with van der Waals surface area (Å²) < 4.78 is 1.11. The van der Waals surface area contributed by atoms with Gasteiger partial charge in [-0.15, -0.1) is 0 Å². The van der Waals surface area contributed by atoms with E-state index in [1.54, 1.807) is 11.8 Å². The molecule has 0 saturated carbocycles. The van der Waals surface area contributed by atoms with Crippen LogP contribution in [0.3, 0.4) is 0 Å². The minimum atomic E-state index is 0.767. The molecular weight excluding hydrogens is 330 g/mol. The molecule has 2 aromatic carbocycles. The van der Waals surface area contributed by atoms with Crippen LogP contribution in [0.4, 0.5) is 0 Å². The molecule has 0 aliphatic carbocycles. The first kappa shape index (κ1) is 13.9. The van der Waals surface area contributed by atoms with Crippen molar-refractivity contribution in [1.29, 1.82) is 0 Å². The molecule has 0 aliphatic heterocycles. The van der Waals surface area contributed by atoms with Crippen molar-refractivity contribution < 1.29 is 0 Å². The molecule has 2 rings (SSSR count). The van der Waals surface area contributed by atoms with Crippen molar-refractivity contribution >= 4 is 39.3 Å². The Morgan fingerprint density at radius 1 is 1.22 bits per heavy atom. The van der Waals surface area contributed by atoms with Crippen molar-refractivity contribution in [3.63, 3.8) is 0 Å². The van der Waals surface area contributed by atoms with Gasteiger partial charge in [-0.25, -0.2) is 0 Å². The van der Waals surface area contributed by atoms with Crippen molar-refractivity contribution in [1.82, 2.24) is 5.32 Å². The van der Waals surface area contributed by atoms with E-state index in [4.69, 9.17) is 11.6 Å². The second-order valence-corrected chi connectivity index (χ2v) is 6.26. The van der Waals surface area contributed by atoms with Gasteiger partial charge in [0.1, 0.15) is 0 Å². The lowest BCUT2D eigenvalue weighted by Gasteiger charge is -2.07. The zero-order valence-corrected chi connectivity index (χ0v) is 13.1. The van der Waals surface area contributed by atoms with E-state index in [0.29, 0.717) is 0 Å². The van der Waals surface area contributed by atoms with Crippen LogP contribution < -0.4 is 5.32 Å². The molecule has 18 heavy (non-hydrogen) atoms. The first-order chi connectivity index (χ1) is 8.69. The smallest absolute Gasteiger partial charge is 0.0417 e. The maximum absolute atomic E-state index is 5.98. The number of benzene rings is 2. The molecule has 0 aromatic heterocycles. The van der Waals surface area contributed by atoms with E-state index in [1.165, 1.54) is 10.5 Å². The average molecular weight is 343 g/mol. The van der Waals surface area contributed by atoms with Crippen LogP contribution in [0.1, 0.15) is 5.56 Å². The van der Waals surface area contributed by atoms with E-state index in [2.05, 4.69) is 45.5 Å². The molecule has 0 amide bonds. The van der Waals surface area contributed by atoms with E-state index >= 15 is 0 Å². The fraction of sp³-hybridized carbons (Fsp3) is 0.143. The van der Waals surface area contributed by atoms with E-state index < -0.39 is 0 Å². The number of nitrogens with one attached hydrogen (secondary N) is 1. The summed E-state index contributed by atoms with van der Waals surface area (Å²) in [4.78, 5) is 2.33. The van der Waals surface area contributed by atoms with Crippen LogP contribution in [0.2, 0.25) is 5.02 Å². The molecule has 1 N–H and O–H groups in total. The maximum Gasteiger partial charge on any atom is 0.0417 e. The van der Waals surface area contributed by atoms with Gasteiger partial charge in [0.05, 0.1) is 0 Å². The highest BCUT2D eigenvalue weighted by Crippen LogP contribution is 2.34. The zero-order valence-electron chi connectivity index (χ0n) is 9.91. The van der Waals surface area contributed by atoms with Crippen molar-refractivity contribution in [3.05, 3.63) is 57.5 Å². The predicted molar refractivity (Wildman–Crippen MR) is 82.5 cm³/mol. The number of hydrogen-bond donors (Lipinski definition) is 1. The molecule has 1 nitrogen and oxygen atoms in total. The SMILES string of the molecule is CNCc1ccc(Sc2cccc(Cl)c2)c(Br)c1. The average Bonchev–Trinajstić information content (AvgIpc) is 2.33. The largest absolute Gasteiger partial charge is 0.316 e. The third kappa shape index (κ3) is 3.75. The summed E-state index contributed by atoms with van der Waals surface area (Å²) in [5, 5.41) is 3.91. The van der Waals surface area contributed by atoms with Gasteiger partial charge in [0.25, 0.3) is 0 Å². The lowest BCUT2D eigenvalue weighted by Crippen LogP contribution is -2.04. The van der Waals surface area contributed by atoms with E-state index in [0.717, 1.165) is 20.9 Å². The quantitative estimate of drug-likeness (QED) is 0.841. The molecule has 0 atom stereocenters. The highest BCUT2D eigenvalue weighted by atomic mass is 79.9. The number of rotatable bonds is 4. The van der Waals surface area contributed by atoms with Gasteiger partial charge in [0.2, 0.25) is 0 Å². The van der Waals surface area contributed by atoms with Crippen LogP contribution in [-0.4, -0.2) is 7.05 Å². The molecule has 0 spiro atoms. The molecule has 0 saturated heterocycles. The molecule has 0 fully saturated rings. The Balaban J connectivity index is 2.19. The van der Waals surface area contributed by atoms with Gasteiger partial charge in [-0.3, -0.25) is 0 Å². The minimum Gasteiger partial charge on any atom is -0.316 e. The van der Waals surface area contributed by atoms with Crippen molar-refractivity contribution in [2.75, 3.05) is 7.05 Å². The molecular formula is C14H13BrClNS. The predicted octanol–water partition coefficient (Wildman–Crippen LogP) is 4.97. The van der Waals surface area contributed by atoms with Crippen LogP contribution in [-0.2, 0) is 6.54 Å². The minimum absolute atomic E-state index is 0.767. The molecule has 4 heteroatoms. The third-order valence-corrected chi connectivity index (χ3v) is 4.62. The van der Waals surface area contributed by atoms with Crippen molar-refractivity contribution in [2.24, 2.45) is 0 Å². The maximum atomic E-state index is 5.98. The van der Waals surface area contributed by atoms with E-state index in [-0.39, 0.29) is 0 Å². The molecule has 0 aliphatic rings. The topological polar surface area (TPSA) is 12.0 Å².